The van der Waals surface area contributed by atoms with E-state index < -0.39 is 8.07 Å². The smallest absolute Gasteiger partial charge is 0.162 e. The van der Waals surface area contributed by atoms with Crippen LogP contribution in [0.15, 0.2) is 83.1 Å². The van der Waals surface area contributed by atoms with Crippen LogP contribution in [0.5, 0.6) is 0 Å². The molecule has 0 saturated heterocycles. The third-order valence-corrected chi connectivity index (χ3v) is 13.2. The number of aromatic nitrogens is 1. The zero-order valence-electron chi connectivity index (χ0n) is 34.5. The molecule has 1 aliphatic carbocycles. The van der Waals surface area contributed by atoms with Gasteiger partial charge in [-0.3, -0.25) is 9.78 Å². The van der Waals surface area contributed by atoms with Crippen LogP contribution in [0, 0.1) is 17.9 Å². The van der Waals surface area contributed by atoms with E-state index in [0.717, 1.165) is 59.1 Å². The number of allylic oxidation sites excluding steroid dienone is 3. The molecule has 289 valence electrons. The Kier molecular flexibility index (Phi) is 13.6. The fourth-order valence-electron chi connectivity index (χ4n) is 7.70. The molecule has 0 unspecified atom stereocenters. The van der Waals surface area contributed by atoms with Gasteiger partial charge in [-0.25, -0.2) is 0 Å². The maximum absolute atomic E-state index is 11.7. The van der Waals surface area contributed by atoms with Crippen molar-refractivity contribution in [2.24, 2.45) is 11.8 Å². The largest absolute Gasteiger partial charge is 0.512 e. The van der Waals surface area contributed by atoms with Gasteiger partial charge in [0.1, 0.15) is 11.3 Å². The van der Waals surface area contributed by atoms with Crippen LogP contribution < -0.4 is 5.19 Å². The van der Waals surface area contributed by atoms with Gasteiger partial charge < -0.3 is 9.52 Å². The van der Waals surface area contributed by atoms with E-state index in [2.05, 4.69) is 127 Å². The first-order valence-electron chi connectivity index (χ1n) is 19.6. The van der Waals surface area contributed by atoms with Crippen LogP contribution in [0.1, 0.15) is 110 Å². The second kappa shape index (κ2) is 17.1. The summed E-state index contributed by atoms with van der Waals surface area (Å²) in [7, 11) is -1.42. The third kappa shape index (κ3) is 8.93. The van der Waals surface area contributed by atoms with Crippen molar-refractivity contribution >= 4 is 52.4 Å². The number of aliphatic hydroxyl groups excluding tert-OH is 1. The molecule has 54 heavy (non-hydrogen) atoms. The van der Waals surface area contributed by atoms with Gasteiger partial charge in [0.25, 0.3) is 0 Å². The SMILES string of the molecule is CC(C)(C)c1cc(-c2nccc3c2C(C)(C)C(c2cc4ccc([Si](C)(C)C)cc4o2)=C3)[c-]c2ccccc12.CCC(CC)C(=O)/C=C(\O)C(CC)CC.[Ir]. The van der Waals surface area contributed by atoms with Crippen LogP contribution in [0.4, 0.5) is 0 Å². The minimum Gasteiger partial charge on any atom is -0.512 e. The molecule has 0 spiro atoms. The Morgan fingerprint density at radius 3 is 2.19 bits per heavy atom. The minimum atomic E-state index is -1.42. The van der Waals surface area contributed by atoms with Crippen LogP contribution in [0.2, 0.25) is 19.6 Å². The Labute approximate surface area is 338 Å². The zero-order valence-corrected chi connectivity index (χ0v) is 37.9. The zero-order chi connectivity index (χ0) is 38.9. The molecule has 2 aromatic heterocycles. The molecule has 2 heterocycles. The molecule has 4 nitrogen and oxygen atoms in total. The molecule has 5 aromatic rings. The molecule has 1 N–H and O–H groups in total. The van der Waals surface area contributed by atoms with Gasteiger partial charge in [-0.05, 0) is 66.5 Å². The average molecular weight is 919 g/mol. The number of aliphatic hydroxyl groups is 1. The van der Waals surface area contributed by atoms with Crippen molar-refractivity contribution in [2.45, 2.75) is 118 Å². The molecular weight excluding hydrogens is 859 g/mol. The second-order valence-electron chi connectivity index (χ2n) is 17.3. The molecule has 1 radical (unpaired) electrons. The third-order valence-electron chi connectivity index (χ3n) is 11.2. The molecule has 0 bridgehead atoms. The number of benzene rings is 3. The fraction of sp³-hybridized carbons (Fsp3) is 0.417. The molecule has 3 aromatic carbocycles. The normalized spacial score (nSPS) is 14.2. The van der Waals surface area contributed by atoms with Crippen molar-refractivity contribution < 1.29 is 34.4 Å². The Morgan fingerprint density at radius 2 is 1.57 bits per heavy atom. The average Bonchev–Trinajstić information content (AvgIpc) is 3.65. The van der Waals surface area contributed by atoms with Gasteiger partial charge >= 0.3 is 0 Å². The first kappa shape index (κ1) is 43.2. The van der Waals surface area contributed by atoms with Crippen molar-refractivity contribution in [1.29, 1.82) is 0 Å². The number of rotatable bonds is 10. The molecule has 1 aliphatic rings. The van der Waals surface area contributed by atoms with E-state index in [4.69, 9.17) is 9.40 Å². The molecule has 6 rings (SSSR count). The monoisotopic (exact) mass is 919 g/mol. The van der Waals surface area contributed by atoms with Crippen LogP contribution in [0.25, 0.3) is 44.6 Å². The van der Waals surface area contributed by atoms with Gasteiger partial charge in [0.15, 0.2) is 5.78 Å². The van der Waals surface area contributed by atoms with Gasteiger partial charge in [-0.1, -0.05) is 128 Å². The van der Waals surface area contributed by atoms with Crippen molar-refractivity contribution in [3.63, 3.8) is 0 Å². The topological polar surface area (TPSA) is 63.3 Å². The van der Waals surface area contributed by atoms with E-state index in [-0.39, 0.29) is 54.3 Å². The van der Waals surface area contributed by atoms with Crippen molar-refractivity contribution in [1.82, 2.24) is 4.98 Å². The summed E-state index contributed by atoms with van der Waals surface area (Å²) in [4.78, 5) is 16.7. The second-order valence-corrected chi connectivity index (χ2v) is 22.4. The van der Waals surface area contributed by atoms with Crippen LogP contribution >= 0.6 is 0 Å². The summed E-state index contributed by atoms with van der Waals surface area (Å²) in [6.07, 6.45) is 9.13. The maximum Gasteiger partial charge on any atom is 0.162 e. The van der Waals surface area contributed by atoms with Gasteiger partial charge in [0, 0.05) is 66.3 Å². The fourth-order valence-corrected chi connectivity index (χ4v) is 8.84. The van der Waals surface area contributed by atoms with Crippen molar-refractivity contribution in [2.75, 3.05) is 0 Å². The van der Waals surface area contributed by atoms with E-state index in [9.17, 15) is 9.90 Å². The molecule has 0 aliphatic heterocycles. The summed E-state index contributed by atoms with van der Waals surface area (Å²) in [5.41, 5.74) is 7.74. The van der Waals surface area contributed by atoms with Gasteiger partial charge in [0.2, 0.25) is 0 Å². The number of furan rings is 1. The van der Waals surface area contributed by atoms with Crippen LogP contribution in [-0.2, 0) is 35.7 Å². The summed E-state index contributed by atoms with van der Waals surface area (Å²) in [5.74, 6) is 1.49. The predicted molar refractivity (Wildman–Crippen MR) is 229 cm³/mol. The summed E-state index contributed by atoms with van der Waals surface area (Å²) in [6.45, 7) is 26.6. The molecular formula is C48H60IrNO3Si-. The number of fused-ring (bicyclic) bond motifs is 3. The number of pyridine rings is 1. The Balaban J connectivity index is 0.000000347. The van der Waals surface area contributed by atoms with E-state index in [0.29, 0.717) is 0 Å². The number of nitrogens with zero attached hydrogens (tertiary/aromatic N) is 1. The number of carbonyl (C=O) groups is 1. The summed E-state index contributed by atoms with van der Waals surface area (Å²) in [6, 6.07) is 25.7. The standard InChI is InChI=1S/C35H36NOSi.C13H24O2.Ir/c1-34(2,3)28-19-25(17-22-11-9-10-12-27(22)28)33-32-24(15-16-36-33)18-29(35(32,4)5)31-20-23-13-14-26(38(6,7)8)21-30(23)37-31;1-5-10(6-2)12(14)9-13(15)11(7-3)8-4;/h9-16,18-21H,1-8H3;9-11,14H,5-8H2,1-4H3;/q-1;;/b;12-9-;. The predicted octanol–water partition coefficient (Wildman–Crippen LogP) is 13.0. The van der Waals surface area contributed by atoms with Crippen LogP contribution in [0.3, 0.4) is 0 Å². The number of hydrogen-bond acceptors (Lipinski definition) is 4. The van der Waals surface area contributed by atoms with E-state index in [1.165, 1.54) is 38.9 Å². The summed E-state index contributed by atoms with van der Waals surface area (Å²) < 4.78 is 6.55. The maximum atomic E-state index is 11.7. The first-order valence-corrected chi connectivity index (χ1v) is 23.1. The number of hydrogen-bond donors (Lipinski definition) is 1. The van der Waals surface area contributed by atoms with Crippen LogP contribution in [-0.4, -0.2) is 23.9 Å². The first-order chi connectivity index (χ1) is 24.9. The van der Waals surface area contributed by atoms with Gasteiger partial charge in [-0.2, -0.15) is 0 Å². The molecule has 0 atom stereocenters. The minimum absolute atomic E-state index is 0. The quantitative estimate of drug-likeness (QED) is 0.0656. The Hall–Kier alpha value is -3.57. The van der Waals surface area contributed by atoms with Crippen molar-refractivity contribution in [3.8, 4) is 11.3 Å². The Bertz CT molecular complexity index is 2170. The van der Waals surface area contributed by atoms with E-state index >= 15 is 0 Å². The summed E-state index contributed by atoms with van der Waals surface area (Å²) in [5, 5.41) is 14.7. The molecule has 0 fully saturated rings. The van der Waals surface area contributed by atoms with Gasteiger partial charge in [-0.15, -0.1) is 29.1 Å². The van der Waals surface area contributed by atoms with Gasteiger partial charge in [0.05, 0.1) is 13.8 Å². The number of carbonyl (C=O) groups excluding carboxylic acids is 1. The summed E-state index contributed by atoms with van der Waals surface area (Å²) >= 11 is 0. The van der Waals surface area contributed by atoms with E-state index in [1.807, 2.05) is 33.9 Å². The Morgan fingerprint density at radius 1 is 0.926 bits per heavy atom. The number of ketones is 1. The van der Waals surface area contributed by atoms with E-state index in [1.54, 1.807) is 0 Å². The van der Waals surface area contributed by atoms with Crippen molar-refractivity contribution in [3.05, 3.63) is 107 Å². The molecule has 6 heteroatoms. The molecule has 0 saturated carbocycles. The molecule has 0 amide bonds.